The van der Waals surface area contributed by atoms with Crippen LogP contribution in [0.4, 0.5) is 10.1 Å². The van der Waals surface area contributed by atoms with Crippen LogP contribution < -0.4 is 4.90 Å². The molecule has 1 aliphatic heterocycles. The summed E-state index contributed by atoms with van der Waals surface area (Å²) in [6.45, 7) is 7.90. The molecule has 1 aromatic carbocycles. The molecule has 1 N–H and O–H groups in total. The first-order valence-electron chi connectivity index (χ1n) is 11.6. The van der Waals surface area contributed by atoms with Crippen LogP contribution in [-0.2, 0) is 0 Å². The van der Waals surface area contributed by atoms with Gasteiger partial charge in [-0.25, -0.2) is 4.39 Å². The summed E-state index contributed by atoms with van der Waals surface area (Å²) in [7, 11) is 1.89. The average molecular weight is 447 g/mol. The maximum Gasteiger partial charge on any atom is 0.141 e. The summed E-state index contributed by atoms with van der Waals surface area (Å²) in [5.74, 6) is -0.0631. The van der Waals surface area contributed by atoms with Gasteiger partial charge in [0.05, 0.1) is 11.8 Å². The summed E-state index contributed by atoms with van der Waals surface area (Å²) in [6, 6.07) is 6.76. The van der Waals surface area contributed by atoms with Gasteiger partial charge in [0, 0.05) is 67.7 Å². The zero-order valence-electron chi connectivity index (χ0n) is 19.6. The molecule has 1 aromatic heterocycles. The predicted molar refractivity (Wildman–Crippen MR) is 131 cm³/mol. The third-order valence-corrected chi connectivity index (χ3v) is 6.81. The van der Waals surface area contributed by atoms with E-state index in [2.05, 4.69) is 44.9 Å². The molecule has 0 radical (unpaired) electrons. The molecule has 1 aliphatic carbocycles. The van der Waals surface area contributed by atoms with Gasteiger partial charge in [0.2, 0.25) is 0 Å². The Bertz CT molecular complexity index is 1110. The van der Waals surface area contributed by atoms with E-state index < -0.39 is 5.82 Å². The lowest BCUT2D eigenvalue weighted by Gasteiger charge is -2.41. The molecule has 0 spiro atoms. The topological polar surface area (TPSA) is 71.3 Å². The van der Waals surface area contributed by atoms with Crippen LogP contribution in [0.1, 0.15) is 44.2 Å². The summed E-state index contributed by atoms with van der Waals surface area (Å²) < 4.78 is 13.8. The Labute approximate surface area is 195 Å². The molecule has 33 heavy (non-hydrogen) atoms. The average Bonchev–Trinajstić information content (AvgIpc) is 3.40. The summed E-state index contributed by atoms with van der Waals surface area (Å²) >= 11 is 0. The standard InChI is InChI=1S/C26H31FN6/c1-4-18(2)26(23-14-19(5-8-25(23)29-3)21-16-30-31-17-21)33-11-9-32(10-12-33)22-6-7-24(27)20(13-22)15-28/h6-7,13-14,16-18H,4-5,8-12H2,1-3H3,(H,30,31)/b26-23+,29-25?. The Morgan fingerprint density at radius 2 is 2.06 bits per heavy atom. The van der Waals surface area contributed by atoms with Crippen LogP contribution in [0.5, 0.6) is 0 Å². The minimum absolute atomic E-state index is 0.0975. The lowest BCUT2D eigenvalue weighted by molar-refractivity contribution is 0.285. The molecule has 0 amide bonds. The van der Waals surface area contributed by atoms with E-state index in [9.17, 15) is 9.65 Å². The highest BCUT2D eigenvalue weighted by atomic mass is 19.1. The van der Waals surface area contributed by atoms with Gasteiger partial charge in [-0.3, -0.25) is 10.1 Å². The van der Waals surface area contributed by atoms with E-state index in [1.54, 1.807) is 12.1 Å². The molecule has 1 atom stereocenters. The molecule has 4 rings (SSSR count). The van der Waals surface area contributed by atoms with Crippen molar-refractivity contribution < 1.29 is 4.39 Å². The van der Waals surface area contributed by atoms with E-state index in [0.29, 0.717) is 5.92 Å². The number of hydrogen-bond acceptors (Lipinski definition) is 5. The maximum atomic E-state index is 13.8. The summed E-state index contributed by atoms with van der Waals surface area (Å²) in [5, 5.41) is 16.2. The van der Waals surface area contributed by atoms with Gasteiger partial charge in [0.1, 0.15) is 11.9 Å². The number of anilines is 1. The monoisotopic (exact) mass is 446 g/mol. The van der Waals surface area contributed by atoms with Crippen LogP contribution in [0.3, 0.4) is 0 Å². The summed E-state index contributed by atoms with van der Waals surface area (Å²) in [6.07, 6.45) is 9.09. The van der Waals surface area contributed by atoms with Crippen molar-refractivity contribution in [3.63, 3.8) is 0 Å². The van der Waals surface area contributed by atoms with Crippen LogP contribution in [0.25, 0.3) is 5.57 Å². The first-order chi connectivity index (χ1) is 16.0. The second-order valence-corrected chi connectivity index (χ2v) is 8.69. The Morgan fingerprint density at radius 1 is 1.27 bits per heavy atom. The van der Waals surface area contributed by atoms with Gasteiger partial charge < -0.3 is 9.80 Å². The van der Waals surface area contributed by atoms with Gasteiger partial charge in [0.15, 0.2) is 0 Å². The summed E-state index contributed by atoms with van der Waals surface area (Å²) in [4.78, 5) is 9.38. The number of nitrogens with zero attached hydrogens (tertiary/aromatic N) is 5. The van der Waals surface area contributed by atoms with Crippen molar-refractivity contribution in [2.75, 3.05) is 38.1 Å². The van der Waals surface area contributed by atoms with Crippen LogP contribution in [0.2, 0.25) is 0 Å². The van der Waals surface area contributed by atoms with Crippen molar-refractivity contribution in [2.24, 2.45) is 10.9 Å². The lowest BCUT2D eigenvalue weighted by atomic mass is 9.86. The number of halogens is 1. The predicted octanol–water partition coefficient (Wildman–Crippen LogP) is 4.79. The van der Waals surface area contributed by atoms with Crippen LogP contribution in [0, 0.1) is 23.1 Å². The third kappa shape index (κ3) is 4.70. The SMILES string of the molecule is CCC(C)/C(=C1/C=C(c2cn[nH]c2)CCC1=NC)N1CCN(c2ccc(F)c(C#N)c2)CC1. The fraction of sp³-hybridized carbons (Fsp3) is 0.423. The molecule has 6 nitrogen and oxygen atoms in total. The molecule has 2 aromatic rings. The molecule has 2 aliphatic rings. The van der Waals surface area contributed by atoms with E-state index in [4.69, 9.17) is 0 Å². The highest BCUT2D eigenvalue weighted by Gasteiger charge is 2.27. The van der Waals surface area contributed by atoms with Crippen LogP contribution in [0.15, 0.2) is 52.9 Å². The number of nitrogens with one attached hydrogen (secondary N) is 1. The number of benzene rings is 1. The Kier molecular flexibility index (Phi) is 6.93. The van der Waals surface area contributed by atoms with Crippen molar-refractivity contribution in [1.82, 2.24) is 15.1 Å². The number of aliphatic imine (C=N–C) groups is 1. The molecular weight excluding hydrogens is 415 g/mol. The zero-order valence-corrected chi connectivity index (χ0v) is 19.6. The number of piperazine rings is 1. The second-order valence-electron chi connectivity index (χ2n) is 8.69. The van der Waals surface area contributed by atoms with Gasteiger partial charge in [-0.2, -0.15) is 10.4 Å². The summed E-state index contributed by atoms with van der Waals surface area (Å²) in [5.41, 5.74) is 7.20. The third-order valence-electron chi connectivity index (χ3n) is 6.81. The molecule has 7 heteroatoms. The fourth-order valence-corrected chi connectivity index (χ4v) is 4.77. The normalized spacial score (nSPS) is 20.5. The van der Waals surface area contributed by atoms with E-state index in [0.717, 1.165) is 62.4 Å². The van der Waals surface area contributed by atoms with Gasteiger partial charge in [-0.15, -0.1) is 0 Å². The minimum atomic E-state index is -0.465. The molecule has 1 fully saturated rings. The molecule has 2 heterocycles. The molecule has 0 saturated carbocycles. The van der Waals surface area contributed by atoms with Gasteiger partial charge in [-0.05, 0) is 55.0 Å². The quantitative estimate of drug-likeness (QED) is 0.717. The van der Waals surface area contributed by atoms with Crippen molar-refractivity contribution >= 4 is 17.0 Å². The van der Waals surface area contributed by atoms with E-state index in [1.165, 1.54) is 22.9 Å². The first-order valence-corrected chi connectivity index (χ1v) is 11.6. The maximum absolute atomic E-state index is 13.8. The number of rotatable bonds is 5. The van der Waals surface area contributed by atoms with Crippen molar-refractivity contribution in [3.8, 4) is 6.07 Å². The number of aromatic amines is 1. The van der Waals surface area contributed by atoms with Crippen molar-refractivity contribution in [1.29, 1.82) is 5.26 Å². The highest BCUT2D eigenvalue weighted by Crippen LogP contribution is 2.34. The molecule has 0 bridgehead atoms. The van der Waals surface area contributed by atoms with Crippen molar-refractivity contribution in [3.05, 3.63) is 64.9 Å². The van der Waals surface area contributed by atoms with Crippen molar-refractivity contribution in [2.45, 2.75) is 33.1 Å². The molecular formula is C26H31FN6. The van der Waals surface area contributed by atoms with Crippen LogP contribution >= 0.6 is 0 Å². The molecule has 1 unspecified atom stereocenters. The Morgan fingerprint density at radius 3 is 2.70 bits per heavy atom. The van der Waals surface area contributed by atoms with Crippen LogP contribution in [-0.4, -0.2) is 54.0 Å². The number of hydrogen-bond donors (Lipinski definition) is 1. The fourth-order valence-electron chi connectivity index (χ4n) is 4.77. The van der Waals surface area contributed by atoms with Gasteiger partial charge >= 0.3 is 0 Å². The van der Waals surface area contributed by atoms with Gasteiger partial charge in [0.25, 0.3) is 0 Å². The molecule has 172 valence electrons. The number of H-pyrrole nitrogens is 1. The number of aromatic nitrogens is 2. The van der Waals surface area contributed by atoms with Gasteiger partial charge in [-0.1, -0.05) is 13.8 Å². The Hall–Kier alpha value is -3.40. The highest BCUT2D eigenvalue weighted by molar-refractivity contribution is 6.07. The first kappa shape index (κ1) is 22.8. The van der Waals surface area contributed by atoms with E-state index >= 15 is 0 Å². The largest absolute Gasteiger partial charge is 0.371 e. The zero-order chi connectivity index (χ0) is 23.4. The van der Waals surface area contributed by atoms with E-state index in [1.807, 2.05) is 25.5 Å². The minimum Gasteiger partial charge on any atom is -0.371 e. The lowest BCUT2D eigenvalue weighted by Crippen LogP contribution is -2.47. The van der Waals surface area contributed by atoms with E-state index in [-0.39, 0.29) is 5.56 Å². The Balaban J connectivity index is 1.64. The number of allylic oxidation sites excluding steroid dienone is 4. The smallest absolute Gasteiger partial charge is 0.141 e. The number of nitriles is 1. The second kappa shape index (κ2) is 10.0. The molecule has 1 saturated heterocycles.